The first-order chi connectivity index (χ1) is 15.6. The van der Waals surface area contributed by atoms with Gasteiger partial charge < -0.3 is 0 Å². The quantitative estimate of drug-likeness (QED) is 0.412. The van der Waals surface area contributed by atoms with E-state index in [1.807, 2.05) is 58.0 Å². The Labute approximate surface area is 200 Å². The van der Waals surface area contributed by atoms with Crippen molar-refractivity contribution in [1.29, 1.82) is 0 Å². The molecule has 2 N–H and O–H groups in total. The van der Waals surface area contributed by atoms with Crippen LogP contribution in [0.15, 0.2) is 30.3 Å². The maximum absolute atomic E-state index is 13.6. The van der Waals surface area contributed by atoms with Gasteiger partial charge in [-0.3, -0.25) is 0 Å². The first kappa shape index (κ1) is 26.9. The standard InChI is InChI=1S/C27H41N2O3P/c1-9-23(27(31)29-26-20(6)15-22(32-8)16-21(26)7)33(10-2,11-3)17-24(30)28-25-18(4)13-12-14-19(25)5/h12-16,23,33H,9-11,17H2,1-8H3,(H,28,30)(H,29,31). The Morgan fingerprint density at radius 3 is 1.85 bits per heavy atom. The van der Waals surface area contributed by atoms with Crippen LogP contribution in [0.2, 0.25) is 0 Å². The summed E-state index contributed by atoms with van der Waals surface area (Å²) < 4.78 is 5.35. The van der Waals surface area contributed by atoms with E-state index in [0.717, 1.165) is 58.1 Å². The molecule has 0 saturated heterocycles. The molecule has 0 aliphatic rings. The number of benzene rings is 2. The average molecular weight is 473 g/mol. The Morgan fingerprint density at radius 2 is 1.39 bits per heavy atom. The molecule has 0 fully saturated rings. The van der Waals surface area contributed by atoms with Gasteiger partial charge in [0.25, 0.3) is 0 Å². The molecule has 0 bridgehead atoms. The molecule has 2 aromatic carbocycles. The van der Waals surface area contributed by atoms with E-state index in [1.165, 1.54) is 0 Å². The molecular weight excluding hydrogens is 431 g/mol. The van der Waals surface area contributed by atoms with Gasteiger partial charge in [0.2, 0.25) is 0 Å². The van der Waals surface area contributed by atoms with Crippen molar-refractivity contribution < 1.29 is 14.3 Å². The summed E-state index contributed by atoms with van der Waals surface area (Å²) in [7, 11) is -0.598. The minimum atomic E-state index is -2.24. The second kappa shape index (κ2) is 11.7. The fraction of sp³-hybridized carbons (Fsp3) is 0.481. The summed E-state index contributed by atoms with van der Waals surface area (Å²) in [5.74, 6) is 0.832. The van der Waals surface area contributed by atoms with E-state index < -0.39 is 7.26 Å². The Bertz CT molecular complexity index is 956. The molecule has 0 aliphatic heterocycles. The third-order valence-corrected chi connectivity index (χ3v) is 13.1. The van der Waals surface area contributed by atoms with E-state index >= 15 is 0 Å². The van der Waals surface area contributed by atoms with Crippen LogP contribution in [0.3, 0.4) is 0 Å². The zero-order valence-electron chi connectivity index (χ0n) is 21.5. The summed E-state index contributed by atoms with van der Waals surface area (Å²) in [6.45, 7) is 14.3. The molecule has 6 heteroatoms. The predicted octanol–water partition coefficient (Wildman–Crippen LogP) is 6.07. The molecule has 182 valence electrons. The number of hydrogen-bond donors (Lipinski definition) is 2. The summed E-state index contributed by atoms with van der Waals surface area (Å²) in [4.78, 5) is 26.8. The topological polar surface area (TPSA) is 67.4 Å². The van der Waals surface area contributed by atoms with Crippen molar-refractivity contribution >= 4 is 30.5 Å². The van der Waals surface area contributed by atoms with Gasteiger partial charge in [0.05, 0.1) is 0 Å². The van der Waals surface area contributed by atoms with E-state index in [-0.39, 0.29) is 17.5 Å². The van der Waals surface area contributed by atoms with Crippen LogP contribution in [0.5, 0.6) is 5.75 Å². The van der Waals surface area contributed by atoms with Gasteiger partial charge in [0, 0.05) is 0 Å². The number of para-hydroxylation sites is 1. The van der Waals surface area contributed by atoms with Gasteiger partial charge in [0.15, 0.2) is 0 Å². The van der Waals surface area contributed by atoms with Crippen LogP contribution in [0.25, 0.3) is 0 Å². The monoisotopic (exact) mass is 472 g/mol. The normalized spacial score (nSPS) is 12.7. The molecule has 2 aromatic rings. The number of methoxy groups -OCH3 is 1. The summed E-state index contributed by atoms with van der Waals surface area (Å²) >= 11 is 0. The van der Waals surface area contributed by atoms with Crippen LogP contribution < -0.4 is 15.4 Å². The number of nitrogens with one attached hydrogen (secondary N) is 2. The zero-order chi connectivity index (χ0) is 24.8. The molecule has 0 heterocycles. The molecule has 1 unspecified atom stereocenters. The molecule has 33 heavy (non-hydrogen) atoms. The fourth-order valence-corrected chi connectivity index (χ4v) is 9.43. The molecule has 0 aromatic heterocycles. The van der Waals surface area contributed by atoms with Crippen LogP contribution in [-0.4, -0.2) is 43.1 Å². The van der Waals surface area contributed by atoms with E-state index in [4.69, 9.17) is 4.74 Å². The molecule has 2 amide bonds. The molecule has 5 nitrogen and oxygen atoms in total. The van der Waals surface area contributed by atoms with Gasteiger partial charge >= 0.3 is 200 Å². The summed E-state index contributed by atoms with van der Waals surface area (Å²) in [5.41, 5.74) is 5.65. The van der Waals surface area contributed by atoms with Crippen molar-refractivity contribution in [3.8, 4) is 5.75 Å². The first-order valence-corrected chi connectivity index (χ1v) is 14.6. The Balaban J connectivity index is 2.29. The number of rotatable bonds is 10. The summed E-state index contributed by atoms with van der Waals surface area (Å²) in [5, 5.41) is 6.36. The van der Waals surface area contributed by atoms with Crippen molar-refractivity contribution in [3.63, 3.8) is 0 Å². The molecule has 1 atom stereocenters. The van der Waals surface area contributed by atoms with Crippen molar-refractivity contribution in [1.82, 2.24) is 0 Å². The SMILES string of the molecule is CCC(C(=O)Nc1c(C)cc(OC)cc1C)[PH](CC)(CC)CC(=O)Nc1c(C)cccc1C. The number of hydrogen-bond acceptors (Lipinski definition) is 3. The molecule has 0 spiro atoms. The Hall–Kier alpha value is -2.39. The average Bonchev–Trinajstić information content (AvgIpc) is 2.78. The van der Waals surface area contributed by atoms with E-state index in [0.29, 0.717) is 6.16 Å². The second-order valence-electron chi connectivity index (χ2n) is 9.15. The molecule has 2 rings (SSSR count). The van der Waals surface area contributed by atoms with Crippen LogP contribution >= 0.6 is 7.26 Å². The summed E-state index contributed by atoms with van der Waals surface area (Å²) in [6, 6.07) is 9.89. The van der Waals surface area contributed by atoms with E-state index in [1.54, 1.807) is 7.11 Å². The Morgan fingerprint density at radius 1 is 0.879 bits per heavy atom. The van der Waals surface area contributed by atoms with Crippen LogP contribution in [0.4, 0.5) is 11.4 Å². The number of anilines is 2. The first-order valence-electron chi connectivity index (χ1n) is 11.9. The third-order valence-electron chi connectivity index (χ3n) is 7.12. The number of carbonyl (C=O) groups excluding carboxylic acids is 2. The molecular formula is C27H41N2O3P. The van der Waals surface area contributed by atoms with Crippen molar-refractivity contribution in [3.05, 3.63) is 52.6 Å². The van der Waals surface area contributed by atoms with Gasteiger partial charge in [-0.15, -0.1) is 0 Å². The van der Waals surface area contributed by atoms with E-state index in [2.05, 4.69) is 31.4 Å². The fourth-order valence-electron chi connectivity index (χ4n) is 4.98. The summed E-state index contributed by atoms with van der Waals surface area (Å²) in [6.07, 6.45) is 2.94. The van der Waals surface area contributed by atoms with Crippen LogP contribution in [0, 0.1) is 27.7 Å². The number of aryl methyl sites for hydroxylation is 4. The minimum absolute atomic E-state index is 0.0193. The van der Waals surface area contributed by atoms with Gasteiger partial charge in [-0.2, -0.15) is 0 Å². The van der Waals surface area contributed by atoms with Crippen molar-refractivity contribution in [2.45, 2.75) is 60.5 Å². The maximum atomic E-state index is 13.6. The molecule has 0 radical (unpaired) electrons. The van der Waals surface area contributed by atoms with E-state index in [9.17, 15) is 9.59 Å². The third kappa shape index (κ3) is 6.14. The van der Waals surface area contributed by atoms with Crippen molar-refractivity contribution in [2.75, 3.05) is 36.2 Å². The molecule has 0 aliphatic carbocycles. The Kier molecular flexibility index (Phi) is 9.48. The van der Waals surface area contributed by atoms with Crippen molar-refractivity contribution in [2.24, 2.45) is 0 Å². The zero-order valence-corrected chi connectivity index (χ0v) is 22.5. The number of amides is 2. The van der Waals surface area contributed by atoms with Crippen LogP contribution in [-0.2, 0) is 9.59 Å². The van der Waals surface area contributed by atoms with Crippen LogP contribution in [0.1, 0.15) is 49.4 Å². The van der Waals surface area contributed by atoms with Gasteiger partial charge in [-0.25, -0.2) is 0 Å². The molecule has 0 saturated carbocycles. The predicted molar refractivity (Wildman–Crippen MR) is 144 cm³/mol. The van der Waals surface area contributed by atoms with Gasteiger partial charge in [0.1, 0.15) is 0 Å². The second-order valence-corrected chi connectivity index (χ2v) is 14.3. The number of carbonyl (C=O) groups is 2. The van der Waals surface area contributed by atoms with Gasteiger partial charge in [-0.1, -0.05) is 0 Å². The number of ether oxygens (including phenoxy) is 1. The van der Waals surface area contributed by atoms with Gasteiger partial charge in [-0.05, 0) is 0 Å².